The number of hydrogen-bond donors (Lipinski definition) is 3. The molecule has 3 N–H and O–H groups in total. The SMILES string of the molecule is O=c1ccc2c([nH]1)CCCC2NCc1ncc[nH]1. The first-order chi connectivity index (χ1) is 8.83. The molecule has 0 aliphatic heterocycles. The van der Waals surface area contributed by atoms with Crippen LogP contribution in [0.3, 0.4) is 0 Å². The van der Waals surface area contributed by atoms with E-state index >= 15 is 0 Å². The van der Waals surface area contributed by atoms with E-state index in [1.54, 1.807) is 12.3 Å². The molecule has 0 aromatic carbocycles. The van der Waals surface area contributed by atoms with Gasteiger partial charge in [-0.15, -0.1) is 0 Å². The van der Waals surface area contributed by atoms with Crippen molar-refractivity contribution in [1.82, 2.24) is 20.3 Å². The van der Waals surface area contributed by atoms with E-state index in [-0.39, 0.29) is 5.56 Å². The summed E-state index contributed by atoms with van der Waals surface area (Å²) in [4.78, 5) is 21.5. The van der Waals surface area contributed by atoms with Gasteiger partial charge in [-0.3, -0.25) is 4.79 Å². The fourth-order valence-corrected chi connectivity index (χ4v) is 2.53. The van der Waals surface area contributed by atoms with Crippen LogP contribution in [0.1, 0.15) is 36.0 Å². The van der Waals surface area contributed by atoms with Gasteiger partial charge in [0.15, 0.2) is 0 Å². The molecule has 0 saturated heterocycles. The van der Waals surface area contributed by atoms with Crippen LogP contribution >= 0.6 is 0 Å². The maximum Gasteiger partial charge on any atom is 0.248 e. The fraction of sp³-hybridized carbons (Fsp3) is 0.385. The van der Waals surface area contributed by atoms with Gasteiger partial charge >= 0.3 is 0 Å². The topological polar surface area (TPSA) is 73.6 Å². The van der Waals surface area contributed by atoms with Gasteiger partial charge in [0.05, 0.1) is 6.54 Å². The van der Waals surface area contributed by atoms with E-state index in [1.165, 1.54) is 5.56 Å². The molecular weight excluding hydrogens is 228 g/mol. The van der Waals surface area contributed by atoms with E-state index in [0.717, 1.165) is 37.3 Å². The fourth-order valence-electron chi connectivity index (χ4n) is 2.53. The highest BCUT2D eigenvalue weighted by atomic mass is 16.1. The quantitative estimate of drug-likeness (QED) is 0.761. The first-order valence-electron chi connectivity index (χ1n) is 6.26. The molecule has 1 unspecified atom stereocenters. The Hall–Kier alpha value is -1.88. The van der Waals surface area contributed by atoms with Crippen LogP contribution in [0.2, 0.25) is 0 Å². The van der Waals surface area contributed by atoms with Gasteiger partial charge in [0, 0.05) is 30.2 Å². The molecule has 1 aliphatic rings. The lowest BCUT2D eigenvalue weighted by atomic mass is 9.91. The maximum absolute atomic E-state index is 11.3. The van der Waals surface area contributed by atoms with Crippen LogP contribution < -0.4 is 10.9 Å². The summed E-state index contributed by atoms with van der Waals surface area (Å²) in [5.41, 5.74) is 2.28. The molecular formula is C13H16N4O. The van der Waals surface area contributed by atoms with E-state index in [1.807, 2.05) is 12.3 Å². The lowest BCUT2D eigenvalue weighted by Crippen LogP contribution is -2.27. The third kappa shape index (κ3) is 2.22. The van der Waals surface area contributed by atoms with Crippen LogP contribution in [0.4, 0.5) is 0 Å². The summed E-state index contributed by atoms with van der Waals surface area (Å²) < 4.78 is 0. The summed E-state index contributed by atoms with van der Waals surface area (Å²) in [6.45, 7) is 0.718. The van der Waals surface area contributed by atoms with Crippen molar-refractivity contribution in [2.75, 3.05) is 0 Å². The number of H-pyrrole nitrogens is 2. The van der Waals surface area contributed by atoms with Crippen LogP contribution in [0.15, 0.2) is 29.3 Å². The predicted octanol–water partition coefficient (Wildman–Crippen LogP) is 1.27. The second-order valence-electron chi connectivity index (χ2n) is 4.62. The average molecular weight is 244 g/mol. The standard InChI is InChI=1S/C13H16N4O/c18-13-5-4-9-10(2-1-3-11(9)17-13)16-8-12-14-6-7-15-12/h4-7,10,16H,1-3,8H2,(H,14,15)(H,17,18). The van der Waals surface area contributed by atoms with Crippen molar-refractivity contribution in [3.8, 4) is 0 Å². The molecule has 5 nitrogen and oxygen atoms in total. The van der Waals surface area contributed by atoms with Crippen molar-refractivity contribution in [2.45, 2.75) is 31.8 Å². The monoisotopic (exact) mass is 244 g/mol. The molecule has 0 fully saturated rings. The Kier molecular flexibility index (Phi) is 2.98. The second kappa shape index (κ2) is 4.78. The van der Waals surface area contributed by atoms with Crippen molar-refractivity contribution in [3.05, 3.63) is 52.0 Å². The average Bonchev–Trinajstić information content (AvgIpc) is 2.89. The summed E-state index contributed by atoms with van der Waals surface area (Å²) in [6, 6.07) is 3.84. The van der Waals surface area contributed by atoms with Crippen molar-refractivity contribution < 1.29 is 0 Å². The lowest BCUT2D eigenvalue weighted by molar-refractivity contribution is 0.448. The minimum Gasteiger partial charge on any atom is -0.348 e. The second-order valence-corrected chi connectivity index (χ2v) is 4.62. The van der Waals surface area contributed by atoms with Crippen LogP contribution in [0.5, 0.6) is 0 Å². The number of aryl methyl sites for hydroxylation is 1. The first kappa shape index (κ1) is 11.2. The molecule has 0 bridgehead atoms. The maximum atomic E-state index is 11.3. The molecule has 5 heteroatoms. The Morgan fingerprint density at radius 3 is 3.22 bits per heavy atom. The zero-order chi connectivity index (χ0) is 12.4. The number of pyridine rings is 1. The summed E-state index contributed by atoms with van der Waals surface area (Å²) in [7, 11) is 0. The Labute approximate surface area is 105 Å². The number of aromatic amines is 2. The number of nitrogens with one attached hydrogen (secondary N) is 3. The van der Waals surface area contributed by atoms with Gasteiger partial charge in [-0.1, -0.05) is 6.07 Å². The minimum absolute atomic E-state index is 0.0135. The Balaban J connectivity index is 1.77. The van der Waals surface area contributed by atoms with Crippen LogP contribution in [0.25, 0.3) is 0 Å². The van der Waals surface area contributed by atoms with Gasteiger partial charge in [0.2, 0.25) is 5.56 Å². The summed E-state index contributed by atoms with van der Waals surface area (Å²) in [5.74, 6) is 0.937. The number of fused-ring (bicyclic) bond motifs is 1. The lowest BCUT2D eigenvalue weighted by Gasteiger charge is -2.25. The van der Waals surface area contributed by atoms with E-state index in [0.29, 0.717) is 6.04 Å². The van der Waals surface area contributed by atoms with Gasteiger partial charge in [-0.2, -0.15) is 0 Å². The Morgan fingerprint density at radius 2 is 2.39 bits per heavy atom. The predicted molar refractivity (Wildman–Crippen MR) is 68.2 cm³/mol. The van der Waals surface area contributed by atoms with Crippen molar-refractivity contribution in [1.29, 1.82) is 0 Å². The highest BCUT2D eigenvalue weighted by Crippen LogP contribution is 2.27. The summed E-state index contributed by atoms with van der Waals surface area (Å²) in [6.07, 6.45) is 6.74. The van der Waals surface area contributed by atoms with Crippen LogP contribution in [-0.4, -0.2) is 15.0 Å². The van der Waals surface area contributed by atoms with E-state index in [9.17, 15) is 4.79 Å². The Bertz CT molecular complexity index is 573. The number of nitrogens with zero attached hydrogens (tertiary/aromatic N) is 1. The molecule has 0 radical (unpaired) electrons. The number of aromatic nitrogens is 3. The number of imidazole rings is 1. The molecule has 94 valence electrons. The molecule has 2 aromatic rings. The smallest absolute Gasteiger partial charge is 0.248 e. The van der Waals surface area contributed by atoms with Gasteiger partial charge in [0.25, 0.3) is 0 Å². The highest BCUT2D eigenvalue weighted by molar-refractivity contribution is 5.26. The molecule has 1 atom stereocenters. The normalized spacial score (nSPS) is 18.6. The van der Waals surface area contributed by atoms with E-state index < -0.39 is 0 Å². The number of hydrogen-bond acceptors (Lipinski definition) is 3. The molecule has 1 aliphatic carbocycles. The molecule has 3 rings (SSSR count). The highest BCUT2D eigenvalue weighted by Gasteiger charge is 2.20. The van der Waals surface area contributed by atoms with Crippen molar-refractivity contribution in [2.24, 2.45) is 0 Å². The van der Waals surface area contributed by atoms with Crippen molar-refractivity contribution in [3.63, 3.8) is 0 Å². The molecule has 0 amide bonds. The Morgan fingerprint density at radius 1 is 1.44 bits per heavy atom. The molecule has 2 aromatic heterocycles. The van der Waals surface area contributed by atoms with Crippen LogP contribution in [0, 0.1) is 0 Å². The zero-order valence-corrected chi connectivity index (χ0v) is 10.1. The third-order valence-corrected chi connectivity index (χ3v) is 3.40. The van der Waals surface area contributed by atoms with Gasteiger partial charge < -0.3 is 15.3 Å². The third-order valence-electron chi connectivity index (χ3n) is 3.40. The summed E-state index contributed by atoms with van der Waals surface area (Å²) >= 11 is 0. The van der Waals surface area contributed by atoms with Crippen LogP contribution in [-0.2, 0) is 13.0 Å². The van der Waals surface area contributed by atoms with E-state index in [2.05, 4.69) is 20.3 Å². The van der Waals surface area contributed by atoms with Gasteiger partial charge in [-0.25, -0.2) is 4.98 Å². The minimum atomic E-state index is -0.0135. The first-order valence-corrected chi connectivity index (χ1v) is 6.26. The van der Waals surface area contributed by atoms with Gasteiger partial charge in [-0.05, 0) is 24.8 Å². The molecule has 2 heterocycles. The zero-order valence-electron chi connectivity index (χ0n) is 10.1. The van der Waals surface area contributed by atoms with Crippen molar-refractivity contribution >= 4 is 0 Å². The molecule has 0 saturated carbocycles. The largest absolute Gasteiger partial charge is 0.348 e. The molecule has 0 spiro atoms. The summed E-state index contributed by atoms with van der Waals surface area (Å²) in [5, 5.41) is 3.48. The number of rotatable bonds is 3. The van der Waals surface area contributed by atoms with Gasteiger partial charge in [0.1, 0.15) is 5.82 Å². The molecule has 18 heavy (non-hydrogen) atoms. The van der Waals surface area contributed by atoms with E-state index in [4.69, 9.17) is 0 Å².